The molecule has 0 bridgehead atoms. The van der Waals surface area contributed by atoms with Gasteiger partial charge in [0.1, 0.15) is 5.78 Å². The quantitative estimate of drug-likeness (QED) is 0.292. The van der Waals surface area contributed by atoms with E-state index >= 15 is 0 Å². The standard InChI is InChI=1S/C41H41NO2/c1-41-24-36(28-13-11-27(12-14-28)32-8-5-21-42-25-32)38-34-20-18-33(43)22-30(34)17-19-35(38)37(41)23-31(39(41)40(44)29-15-16-29)10-9-26-6-3-2-4-7-26/h2-14,21-22,25,29,31,35-37,39H,15-20,23-24H2,1H3/t31-,35+,36-,37+,39-,41+/m1/s1. The maximum Gasteiger partial charge on any atom is 0.156 e. The van der Waals surface area contributed by atoms with Crippen molar-refractivity contribution in [2.24, 2.45) is 35.0 Å². The fourth-order valence-electron chi connectivity index (χ4n) is 9.65. The van der Waals surface area contributed by atoms with E-state index in [1.807, 2.05) is 24.5 Å². The van der Waals surface area contributed by atoms with Crippen molar-refractivity contribution in [2.75, 3.05) is 0 Å². The molecule has 5 aliphatic carbocycles. The number of benzene rings is 2. The molecule has 5 aliphatic rings. The summed E-state index contributed by atoms with van der Waals surface area (Å²) in [7, 11) is 0. The van der Waals surface area contributed by atoms with Crippen molar-refractivity contribution in [1.29, 1.82) is 0 Å². The van der Waals surface area contributed by atoms with Gasteiger partial charge in [-0.2, -0.15) is 0 Å². The first-order valence-electron chi connectivity index (χ1n) is 16.7. The molecule has 44 heavy (non-hydrogen) atoms. The Kier molecular flexibility index (Phi) is 6.89. The van der Waals surface area contributed by atoms with Gasteiger partial charge in [-0.1, -0.05) is 85.3 Å². The lowest BCUT2D eigenvalue weighted by Gasteiger charge is -2.52. The van der Waals surface area contributed by atoms with Crippen LogP contribution >= 0.6 is 0 Å². The van der Waals surface area contributed by atoms with Gasteiger partial charge >= 0.3 is 0 Å². The third kappa shape index (κ3) is 4.76. The first kappa shape index (κ1) is 27.7. The number of carbonyl (C=O) groups excluding carboxylic acids is 2. The van der Waals surface area contributed by atoms with E-state index in [2.05, 4.69) is 84.7 Å². The summed E-state index contributed by atoms with van der Waals surface area (Å²) in [6.07, 6.45) is 18.1. The molecule has 0 saturated heterocycles. The van der Waals surface area contributed by atoms with Crippen molar-refractivity contribution in [3.05, 3.63) is 119 Å². The summed E-state index contributed by atoms with van der Waals surface area (Å²) in [5, 5.41) is 0. The summed E-state index contributed by atoms with van der Waals surface area (Å²) in [6.45, 7) is 2.48. The second-order valence-corrected chi connectivity index (χ2v) is 14.3. The van der Waals surface area contributed by atoms with Crippen molar-refractivity contribution in [1.82, 2.24) is 4.98 Å². The Labute approximate surface area is 261 Å². The lowest BCUT2D eigenvalue weighted by atomic mass is 9.51. The van der Waals surface area contributed by atoms with Crippen LogP contribution in [0.2, 0.25) is 0 Å². The lowest BCUT2D eigenvalue weighted by Crippen LogP contribution is -2.45. The number of ketones is 2. The smallest absolute Gasteiger partial charge is 0.156 e. The summed E-state index contributed by atoms with van der Waals surface area (Å²) in [4.78, 5) is 31.1. The van der Waals surface area contributed by atoms with Gasteiger partial charge in [0.05, 0.1) is 0 Å². The number of pyridine rings is 1. The Morgan fingerprint density at radius 1 is 0.909 bits per heavy atom. The predicted octanol–water partition coefficient (Wildman–Crippen LogP) is 9.18. The Morgan fingerprint density at radius 2 is 1.73 bits per heavy atom. The number of rotatable bonds is 6. The van der Waals surface area contributed by atoms with E-state index in [-0.39, 0.29) is 34.9 Å². The topological polar surface area (TPSA) is 47.0 Å². The SMILES string of the molecule is C[C@]12C[C@H](c3ccc(-c4cccnc4)cc3)C3=C4CCC(=O)C=C4CC[C@H]3[C@@H]1C[C@@H](C=Cc1ccccc1)[C@@H]2C(=O)C1CC1. The molecule has 0 radical (unpaired) electrons. The second kappa shape index (κ2) is 10.9. The molecule has 3 saturated carbocycles. The van der Waals surface area contributed by atoms with E-state index in [1.165, 1.54) is 27.8 Å². The van der Waals surface area contributed by atoms with E-state index in [0.29, 0.717) is 24.0 Å². The summed E-state index contributed by atoms with van der Waals surface area (Å²) in [6, 6.07) is 23.8. The van der Waals surface area contributed by atoms with Crippen LogP contribution in [0.1, 0.15) is 75.3 Å². The van der Waals surface area contributed by atoms with Crippen LogP contribution in [-0.2, 0) is 9.59 Å². The van der Waals surface area contributed by atoms with Crippen molar-refractivity contribution in [3.63, 3.8) is 0 Å². The minimum Gasteiger partial charge on any atom is -0.299 e. The van der Waals surface area contributed by atoms with E-state index in [1.54, 1.807) is 5.57 Å². The number of Topliss-reactive ketones (excluding diaryl/α,β-unsaturated/α-hetero) is 1. The monoisotopic (exact) mass is 579 g/mol. The largest absolute Gasteiger partial charge is 0.299 e. The Hall–Kier alpha value is -3.85. The molecule has 3 aromatic rings. The predicted molar refractivity (Wildman–Crippen MR) is 176 cm³/mol. The van der Waals surface area contributed by atoms with Gasteiger partial charge < -0.3 is 0 Å². The molecule has 0 spiro atoms. The van der Waals surface area contributed by atoms with E-state index in [0.717, 1.165) is 50.5 Å². The number of allylic oxidation sites excluding steroid dienone is 5. The molecule has 3 nitrogen and oxygen atoms in total. The first-order chi connectivity index (χ1) is 21.5. The Bertz CT molecular complexity index is 1680. The van der Waals surface area contributed by atoms with Crippen LogP contribution in [0.5, 0.6) is 0 Å². The van der Waals surface area contributed by atoms with Crippen LogP contribution in [0.25, 0.3) is 17.2 Å². The van der Waals surface area contributed by atoms with Gasteiger partial charge in [-0.3, -0.25) is 14.6 Å². The number of hydrogen-bond acceptors (Lipinski definition) is 3. The van der Waals surface area contributed by atoms with Crippen molar-refractivity contribution >= 4 is 17.6 Å². The molecule has 3 fully saturated rings. The van der Waals surface area contributed by atoms with Gasteiger partial charge in [0.2, 0.25) is 0 Å². The molecule has 222 valence electrons. The molecule has 8 rings (SSSR count). The molecule has 0 amide bonds. The third-order valence-corrected chi connectivity index (χ3v) is 11.8. The molecular formula is C41H41NO2. The van der Waals surface area contributed by atoms with E-state index in [9.17, 15) is 9.59 Å². The minimum atomic E-state index is -0.0571. The summed E-state index contributed by atoms with van der Waals surface area (Å²) in [5.41, 5.74) is 9.16. The third-order valence-electron chi connectivity index (χ3n) is 11.8. The van der Waals surface area contributed by atoms with Crippen molar-refractivity contribution in [3.8, 4) is 11.1 Å². The summed E-state index contributed by atoms with van der Waals surface area (Å²) in [5.74, 6) is 2.60. The molecule has 0 aliphatic heterocycles. The van der Waals surface area contributed by atoms with Crippen LogP contribution in [0, 0.1) is 35.0 Å². The first-order valence-corrected chi connectivity index (χ1v) is 16.7. The zero-order valence-electron chi connectivity index (χ0n) is 25.6. The zero-order valence-corrected chi connectivity index (χ0v) is 25.6. The van der Waals surface area contributed by atoms with Crippen LogP contribution in [0.3, 0.4) is 0 Å². The van der Waals surface area contributed by atoms with Crippen LogP contribution in [0.4, 0.5) is 0 Å². The van der Waals surface area contributed by atoms with Crippen LogP contribution < -0.4 is 0 Å². The van der Waals surface area contributed by atoms with Gasteiger partial charge in [-0.05, 0) is 114 Å². The average Bonchev–Trinajstić information content (AvgIpc) is 3.87. The molecule has 2 aromatic carbocycles. The van der Waals surface area contributed by atoms with Gasteiger partial charge in [-0.15, -0.1) is 0 Å². The van der Waals surface area contributed by atoms with Crippen LogP contribution in [0.15, 0.2) is 108 Å². The van der Waals surface area contributed by atoms with Gasteiger partial charge in [0.15, 0.2) is 5.78 Å². The minimum absolute atomic E-state index is 0.0571. The van der Waals surface area contributed by atoms with Gasteiger partial charge in [0.25, 0.3) is 0 Å². The Balaban J connectivity index is 1.23. The highest BCUT2D eigenvalue weighted by Gasteiger charge is 2.62. The highest BCUT2D eigenvalue weighted by Crippen LogP contribution is 2.68. The molecule has 3 heteroatoms. The maximum atomic E-state index is 14.3. The van der Waals surface area contributed by atoms with E-state index in [4.69, 9.17) is 0 Å². The van der Waals surface area contributed by atoms with Crippen LogP contribution in [-0.4, -0.2) is 16.6 Å². The van der Waals surface area contributed by atoms with Crippen molar-refractivity contribution < 1.29 is 9.59 Å². The summed E-state index contributed by atoms with van der Waals surface area (Å²) < 4.78 is 0. The molecule has 1 aromatic heterocycles. The fourth-order valence-corrected chi connectivity index (χ4v) is 9.65. The average molecular weight is 580 g/mol. The maximum absolute atomic E-state index is 14.3. The molecule has 0 unspecified atom stereocenters. The number of carbonyl (C=O) groups is 2. The van der Waals surface area contributed by atoms with Gasteiger partial charge in [-0.25, -0.2) is 0 Å². The number of nitrogens with zero attached hydrogens (tertiary/aromatic N) is 1. The summed E-state index contributed by atoms with van der Waals surface area (Å²) >= 11 is 0. The number of aromatic nitrogens is 1. The molecule has 1 heterocycles. The number of fused-ring (bicyclic) bond motifs is 4. The lowest BCUT2D eigenvalue weighted by molar-refractivity contribution is -0.129. The van der Waals surface area contributed by atoms with Crippen molar-refractivity contribution in [2.45, 2.75) is 64.2 Å². The number of hydrogen-bond donors (Lipinski definition) is 0. The normalized spacial score (nSPS) is 31.3. The second-order valence-electron chi connectivity index (χ2n) is 14.3. The molecule has 0 N–H and O–H groups in total. The highest BCUT2D eigenvalue weighted by atomic mass is 16.1. The zero-order chi connectivity index (χ0) is 29.8. The van der Waals surface area contributed by atoms with Gasteiger partial charge in [0, 0.05) is 36.6 Å². The van der Waals surface area contributed by atoms with E-state index < -0.39 is 0 Å². The molecule has 6 atom stereocenters. The fraction of sp³-hybridized carbons (Fsp3) is 0.390. The Morgan fingerprint density at radius 3 is 2.48 bits per heavy atom. The molecular weight excluding hydrogens is 538 g/mol. The highest BCUT2D eigenvalue weighted by molar-refractivity contribution is 5.93.